The molecule has 0 aliphatic carbocycles. The molecule has 1 N–H and O–H groups in total. The Labute approximate surface area is 139 Å². The van der Waals surface area contributed by atoms with E-state index in [9.17, 15) is 0 Å². The fourth-order valence-electron chi connectivity index (χ4n) is 2.30. The summed E-state index contributed by atoms with van der Waals surface area (Å²) in [4.78, 5) is 2.27. The molecular formula is C16H23BrN2OS. The van der Waals surface area contributed by atoms with Crippen LogP contribution in [0.4, 0.5) is 0 Å². The Hall–Kier alpha value is -0.620. The van der Waals surface area contributed by atoms with Gasteiger partial charge in [0.1, 0.15) is 11.5 Å². The summed E-state index contributed by atoms with van der Waals surface area (Å²) in [5.41, 5.74) is 2.60. The van der Waals surface area contributed by atoms with Crippen LogP contribution in [0.25, 0.3) is 0 Å². The normalized spacial score (nSPS) is 11.5. The maximum absolute atomic E-state index is 5.87. The number of hydrogen-bond acceptors (Lipinski definition) is 4. The quantitative estimate of drug-likeness (QED) is 0.691. The van der Waals surface area contributed by atoms with Crippen molar-refractivity contribution < 1.29 is 4.42 Å². The molecule has 2 heterocycles. The van der Waals surface area contributed by atoms with Gasteiger partial charge in [-0.25, -0.2) is 0 Å². The fourth-order valence-corrected chi connectivity index (χ4v) is 3.50. The number of halogens is 1. The Morgan fingerprint density at radius 3 is 2.81 bits per heavy atom. The molecule has 2 aromatic heterocycles. The lowest BCUT2D eigenvalue weighted by molar-refractivity contribution is 0.285. The van der Waals surface area contributed by atoms with Gasteiger partial charge in [-0.3, -0.25) is 4.90 Å². The minimum atomic E-state index is 0.835. The van der Waals surface area contributed by atoms with Crippen LogP contribution in [0.1, 0.15) is 36.0 Å². The molecule has 2 rings (SSSR count). The zero-order chi connectivity index (χ0) is 15.2. The van der Waals surface area contributed by atoms with E-state index in [-0.39, 0.29) is 0 Å². The largest absolute Gasteiger partial charge is 0.465 e. The Bertz CT molecular complexity index is 564. The highest BCUT2D eigenvalue weighted by Crippen LogP contribution is 2.22. The smallest absolute Gasteiger partial charge is 0.118 e. The van der Waals surface area contributed by atoms with E-state index in [4.69, 9.17) is 4.42 Å². The first-order chi connectivity index (χ1) is 10.1. The van der Waals surface area contributed by atoms with Gasteiger partial charge in [-0.05, 0) is 65.9 Å². The molecule has 0 spiro atoms. The zero-order valence-corrected chi connectivity index (χ0v) is 15.3. The molecule has 0 amide bonds. The van der Waals surface area contributed by atoms with Gasteiger partial charge in [-0.1, -0.05) is 6.92 Å². The second-order valence-electron chi connectivity index (χ2n) is 5.40. The lowest BCUT2D eigenvalue weighted by Crippen LogP contribution is -2.16. The van der Waals surface area contributed by atoms with E-state index in [1.807, 2.05) is 6.92 Å². The molecule has 0 radical (unpaired) electrons. The van der Waals surface area contributed by atoms with Crippen LogP contribution in [0, 0.1) is 6.92 Å². The average Bonchev–Trinajstić information content (AvgIpc) is 2.96. The van der Waals surface area contributed by atoms with E-state index in [0.29, 0.717) is 0 Å². The summed E-state index contributed by atoms with van der Waals surface area (Å²) in [6.07, 6.45) is 1.16. The maximum atomic E-state index is 5.87. The summed E-state index contributed by atoms with van der Waals surface area (Å²) in [6.45, 7) is 7.94. The molecule has 0 saturated carbocycles. The minimum Gasteiger partial charge on any atom is -0.465 e. The van der Waals surface area contributed by atoms with E-state index in [0.717, 1.165) is 44.1 Å². The topological polar surface area (TPSA) is 28.4 Å². The van der Waals surface area contributed by atoms with Gasteiger partial charge in [0.05, 0.1) is 10.3 Å². The Balaban J connectivity index is 1.88. The van der Waals surface area contributed by atoms with Gasteiger partial charge in [-0.15, -0.1) is 11.3 Å². The van der Waals surface area contributed by atoms with Crippen molar-refractivity contribution >= 4 is 27.3 Å². The van der Waals surface area contributed by atoms with Gasteiger partial charge >= 0.3 is 0 Å². The molecule has 0 aromatic carbocycles. The summed E-state index contributed by atoms with van der Waals surface area (Å²) in [6, 6.07) is 4.35. The Kier molecular flexibility index (Phi) is 6.48. The van der Waals surface area contributed by atoms with Gasteiger partial charge in [0.15, 0.2) is 0 Å². The van der Waals surface area contributed by atoms with Gasteiger partial charge in [0, 0.05) is 18.7 Å². The third-order valence-electron chi connectivity index (χ3n) is 3.31. The molecule has 0 atom stereocenters. The van der Waals surface area contributed by atoms with Crippen molar-refractivity contribution in [3.63, 3.8) is 0 Å². The van der Waals surface area contributed by atoms with Crippen molar-refractivity contribution in [2.24, 2.45) is 0 Å². The molecule has 0 aliphatic rings. The molecule has 0 aliphatic heterocycles. The van der Waals surface area contributed by atoms with Crippen molar-refractivity contribution in [1.29, 1.82) is 0 Å². The summed E-state index contributed by atoms with van der Waals surface area (Å²) >= 11 is 5.23. The van der Waals surface area contributed by atoms with Gasteiger partial charge in [0.25, 0.3) is 0 Å². The van der Waals surface area contributed by atoms with E-state index >= 15 is 0 Å². The van der Waals surface area contributed by atoms with Crippen LogP contribution in [0.15, 0.2) is 25.7 Å². The van der Waals surface area contributed by atoms with Crippen LogP contribution in [-0.2, 0) is 19.6 Å². The maximum Gasteiger partial charge on any atom is 0.118 e. The average molecular weight is 371 g/mol. The highest BCUT2D eigenvalue weighted by molar-refractivity contribution is 9.11. The lowest BCUT2D eigenvalue weighted by Gasteiger charge is -2.13. The standard InChI is InChI=1S/C16H23BrN2OS/c1-4-5-18-8-14-7-15(20-12(14)2)10-19(3)9-13-6-16(17)21-11-13/h6-7,11,18H,4-5,8-10H2,1-3H3. The molecule has 21 heavy (non-hydrogen) atoms. The molecule has 0 bridgehead atoms. The van der Waals surface area contributed by atoms with Gasteiger partial charge < -0.3 is 9.73 Å². The van der Waals surface area contributed by atoms with Crippen molar-refractivity contribution in [3.8, 4) is 0 Å². The molecule has 5 heteroatoms. The molecule has 3 nitrogen and oxygen atoms in total. The number of rotatable bonds is 8. The van der Waals surface area contributed by atoms with Crippen LogP contribution < -0.4 is 5.32 Å². The zero-order valence-electron chi connectivity index (χ0n) is 12.9. The number of hydrogen-bond donors (Lipinski definition) is 1. The van der Waals surface area contributed by atoms with Gasteiger partial charge in [0.2, 0.25) is 0 Å². The summed E-state index contributed by atoms with van der Waals surface area (Å²) in [5, 5.41) is 5.61. The summed E-state index contributed by atoms with van der Waals surface area (Å²) in [7, 11) is 2.12. The van der Waals surface area contributed by atoms with Crippen LogP contribution in [0.2, 0.25) is 0 Å². The summed E-state index contributed by atoms with van der Waals surface area (Å²) in [5.74, 6) is 2.07. The predicted molar refractivity (Wildman–Crippen MR) is 92.6 cm³/mol. The van der Waals surface area contributed by atoms with Crippen molar-refractivity contribution in [2.75, 3.05) is 13.6 Å². The molecule has 2 aromatic rings. The second-order valence-corrected chi connectivity index (χ2v) is 7.69. The number of nitrogens with zero attached hydrogens (tertiary/aromatic N) is 1. The third kappa shape index (κ3) is 5.25. The predicted octanol–water partition coefficient (Wildman–Crippen LogP) is 4.54. The van der Waals surface area contributed by atoms with Crippen LogP contribution in [0.5, 0.6) is 0 Å². The van der Waals surface area contributed by atoms with E-state index in [2.05, 4.69) is 57.6 Å². The Morgan fingerprint density at radius 1 is 1.33 bits per heavy atom. The minimum absolute atomic E-state index is 0.835. The first-order valence-corrected chi connectivity index (χ1v) is 8.96. The van der Waals surface area contributed by atoms with Gasteiger partial charge in [-0.2, -0.15) is 0 Å². The molecule has 0 fully saturated rings. The second kappa shape index (κ2) is 8.13. The first-order valence-electron chi connectivity index (χ1n) is 7.28. The summed E-state index contributed by atoms with van der Waals surface area (Å²) < 4.78 is 7.05. The lowest BCUT2D eigenvalue weighted by atomic mass is 10.2. The van der Waals surface area contributed by atoms with E-state index in [1.54, 1.807) is 11.3 Å². The molecular weight excluding hydrogens is 348 g/mol. The fraction of sp³-hybridized carbons (Fsp3) is 0.500. The SMILES string of the molecule is CCCNCc1cc(CN(C)Cc2csc(Br)c2)oc1C. The van der Waals surface area contributed by atoms with E-state index < -0.39 is 0 Å². The van der Waals surface area contributed by atoms with Crippen LogP contribution >= 0.6 is 27.3 Å². The molecule has 116 valence electrons. The highest BCUT2D eigenvalue weighted by Gasteiger charge is 2.10. The number of furan rings is 1. The highest BCUT2D eigenvalue weighted by atomic mass is 79.9. The van der Waals surface area contributed by atoms with E-state index in [1.165, 1.54) is 14.9 Å². The number of aryl methyl sites for hydroxylation is 1. The first kappa shape index (κ1) is 16.7. The number of nitrogens with one attached hydrogen (secondary N) is 1. The van der Waals surface area contributed by atoms with Crippen LogP contribution in [0.3, 0.4) is 0 Å². The third-order valence-corrected chi connectivity index (χ3v) is 4.87. The molecule has 0 saturated heterocycles. The van der Waals surface area contributed by atoms with Crippen LogP contribution in [-0.4, -0.2) is 18.5 Å². The van der Waals surface area contributed by atoms with Crippen molar-refractivity contribution in [1.82, 2.24) is 10.2 Å². The van der Waals surface area contributed by atoms with Crippen molar-refractivity contribution in [2.45, 2.75) is 39.9 Å². The Morgan fingerprint density at radius 2 is 2.14 bits per heavy atom. The number of thiophene rings is 1. The monoisotopic (exact) mass is 370 g/mol. The van der Waals surface area contributed by atoms with Crippen molar-refractivity contribution in [3.05, 3.63) is 43.9 Å². The molecule has 0 unspecified atom stereocenters.